The number of nitrogens with zero attached hydrogens (tertiary/aromatic N) is 1. The number of H-pyrrole nitrogens is 2. The minimum Gasteiger partial charge on any atom is -0.494 e. The molecule has 0 spiro atoms. The van der Waals surface area contributed by atoms with Crippen LogP contribution < -0.4 is 5.32 Å². The van der Waals surface area contributed by atoms with Gasteiger partial charge in [0, 0.05) is 29.7 Å². The van der Waals surface area contributed by atoms with E-state index in [9.17, 15) is 14.3 Å². The van der Waals surface area contributed by atoms with E-state index in [4.69, 9.17) is 0 Å². The predicted octanol–water partition coefficient (Wildman–Crippen LogP) is 4.10. The van der Waals surface area contributed by atoms with Crippen molar-refractivity contribution in [1.82, 2.24) is 20.2 Å². The highest BCUT2D eigenvalue weighted by molar-refractivity contribution is 6.03. The third kappa shape index (κ3) is 3.74. The quantitative estimate of drug-likeness (QED) is 0.461. The first-order valence-corrected chi connectivity index (χ1v) is 10.9. The SMILES string of the molecule is CCN(CC)CCNC(=O)c1c(C)[nH]c2c1CCC=C2c1c(O)[nH]c2c(F)cccc12. The highest BCUT2D eigenvalue weighted by Crippen LogP contribution is 2.41. The molecule has 2 aromatic heterocycles. The van der Waals surface area contributed by atoms with Crippen LogP contribution in [0.5, 0.6) is 5.88 Å². The second-order valence-corrected chi connectivity index (χ2v) is 7.93. The molecule has 164 valence electrons. The summed E-state index contributed by atoms with van der Waals surface area (Å²) >= 11 is 0. The van der Waals surface area contributed by atoms with Gasteiger partial charge >= 0.3 is 0 Å². The molecule has 31 heavy (non-hydrogen) atoms. The molecule has 1 aliphatic carbocycles. The number of aryl methyl sites for hydroxylation is 1. The molecule has 0 saturated heterocycles. The molecule has 0 radical (unpaired) electrons. The smallest absolute Gasteiger partial charge is 0.253 e. The van der Waals surface area contributed by atoms with Crippen LogP contribution in [0.15, 0.2) is 24.3 Å². The molecular formula is C24H29FN4O2. The lowest BCUT2D eigenvalue weighted by Gasteiger charge is -2.18. The van der Waals surface area contributed by atoms with Crippen molar-refractivity contribution < 1.29 is 14.3 Å². The lowest BCUT2D eigenvalue weighted by molar-refractivity contribution is 0.0947. The van der Waals surface area contributed by atoms with E-state index < -0.39 is 5.82 Å². The first kappa shape index (κ1) is 21.2. The van der Waals surface area contributed by atoms with E-state index >= 15 is 0 Å². The number of nitrogens with one attached hydrogen (secondary N) is 3. The van der Waals surface area contributed by atoms with Gasteiger partial charge in [-0.3, -0.25) is 4.79 Å². The number of hydrogen-bond donors (Lipinski definition) is 4. The van der Waals surface area contributed by atoms with E-state index in [2.05, 4.69) is 34.0 Å². The summed E-state index contributed by atoms with van der Waals surface area (Å²) in [6.45, 7) is 9.41. The molecule has 6 nitrogen and oxygen atoms in total. The first-order valence-electron chi connectivity index (χ1n) is 10.9. The Morgan fingerprint density at radius 2 is 2.03 bits per heavy atom. The van der Waals surface area contributed by atoms with Gasteiger partial charge in [0.1, 0.15) is 5.82 Å². The van der Waals surface area contributed by atoms with E-state index in [1.807, 2.05) is 13.0 Å². The van der Waals surface area contributed by atoms with Gasteiger partial charge in [-0.2, -0.15) is 0 Å². The van der Waals surface area contributed by atoms with Crippen LogP contribution >= 0.6 is 0 Å². The molecule has 0 bridgehead atoms. The summed E-state index contributed by atoms with van der Waals surface area (Å²) in [4.78, 5) is 21.4. The maximum Gasteiger partial charge on any atom is 0.253 e. The largest absolute Gasteiger partial charge is 0.494 e. The molecular weight excluding hydrogens is 395 g/mol. The van der Waals surface area contributed by atoms with Crippen LogP contribution in [-0.4, -0.2) is 52.1 Å². The molecule has 0 saturated carbocycles. The second kappa shape index (κ2) is 8.59. The number of rotatable bonds is 7. The number of aromatic hydroxyl groups is 1. The number of carbonyl (C=O) groups excluding carboxylic acids is 1. The fourth-order valence-electron chi connectivity index (χ4n) is 4.55. The molecule has 7 heteroatoms. The number of allylic oxidation sites excluding steroid dienone is 1. The zero-order chi connectivity index (χ0) is 22.1. The summed E-state index contributed by atoms with van der Waals surface area (Å²) in [6, 6.07) is 4.78. The highest BCUT2D eigenvalue weighted by atomic mass is 19.1. The summed E-state index contributed by atoms with van der Waals surface area (Å²) in [6.07, 6.45) is 3.51. The maximum atomic E-state index is 14.2. The monoisotopic (exact) mass is 424 g/mol. The van der Waals surface area contributed by atoms with Gasteiger partial charge in [0.05, 0.1) is 22.3 Å². The topological polar surface area (TPSA) is 84.2 Å². The third-order valence-electron chi connectivity index (χ3n) is 6.17. The Kier molecular flexibility index (Phi) is 5.87. The Labute approximate surface area is 181 Å². The van der Waals surface area contributed by atoms with Crippen molar-refractivity contribution in [1.29, 1.82) is 0 Å². The second-order valence-electron chi connectivity index (χ2n) is 7.93. The Balaban J connectivity index is 1.67. The number of amides is 1. The van der Waals surface area contributed by atoms with E-state index in [1.54, 1.807) is 12.1 Å². The Bertz CT molecular complexity index is 1150. The number of hydrogen-bond acceptors (Lipinski definition) is 3. The van der Waals surface area contributed by atoms with Gasteiger partial charge in [0.2, 0.25) is 0 Å². The fourth-order valence-corrected chi connectivity index (χ4v) is 4.55. The molecule has 3 aromatic rings. The first-order chi connectivity index (χ1) is 15.0. The number of likely N-dealkylation sites (N-methyl/N-ethyl adjacent to an activating group) is 1. The van der Waals surface area contributed by atoms with Gasteiger partial charge in [0.25, 0.3) is 5.91 Å². The van der Waals surface area contributed by atoms with Gasteiger partial charge in [-0.05, 0) is 44.5 Å². The number of para-hydroxylation sites is 1. The molecule has 1 aromatic carbocycles. The minimum atomic E-state index is -0.411. The van der Waals surface area contributed by atoms with Gasteiger partial charge < -0.3 is 25.3 Å². The van der Waals surface area contributed by atoms with Crippen LogP contribution in [0.25, 0.3) is 16.5 Å². The zero-order valence-corrected chi connectivity index (χ0v) is 18.2. The van der Waals surface area contributed by atoms with Crippen molar-refractivity contribution in [2.75, 3.05) is 26.2 Å². The van der Waals surface area contributed by atoms with E-state index in [-0.39, 0.29) is 17.3 Å². The average Bonchev–Trinajstić information content (AvgIpc) is 3.27. The molecule has 0 aliphatic heterocycles. The van der Waals surface area contributed by atoms with Crippen LogP contribution in [0.4, 0.5) is 4.39 Å². The Morgan fingerprint density at radius 1 is 1.26 bits per heavy atom. The Morgan fingerprint density at radius 3 is 2.77 bits per heavy atom. The zero-order valence-electron chi connectivity index (χ0n) is 18.2. The van der Waals surface area contributed by atoms with E-state index in [0.717, 1.165) is 55.0 Å². The van der Waals surface area contributed by atoms with Gasteiger partial charge in [-0.25, -0.2) is 4.39 Å². The molecule has 4 rings (SSSR count). The van der Waals surface area contributed by atoms with Crippen molar-refractivity contribution in [3.8, 4) is 5.88 Å². The summed E-state index contributed by atoms with van der Waals surface area (Å²) in [5, 5.41) is 14.2. The number of aromatic amines is 2. The number of aromatic nitrogens is 2. The maximum absolute atomic E-state index is 14.2. The number of halogens is 1. The normalized spacial score (nSPS) is 13.5. The number of benzene rings is 1. The van der Waals surface area contributed by atoms with Gasteiger partial charge in [-0.1, -0.05) is 32.1 Å². The van der Waals surface area contributed by atoms with Gasteiger partial charge in [-0.15, -0.1) is 0 Å². The number of carbonyl (C=O) groups is 1. The molecule has 0 fully saturated rings. The van der Waals surface area contributed by atoms with Crippen molar-refractivity contribution in [2.45, 2.75) is 33.6 Å². The standard InChI is InChI=1S/C24H29FN4O2/c1-4-29(5-2)13-12-26-23(30)19-14(3)27-21-15(19)8-6-9-16(21)20-17-10-7-11-18(25)22(17)28-24(20)31/h7,9-11,27-28,31H,4-6,8,12-13H2,1-3H3,(H,26,30). The molecule has 1 amide bonds. The summed E-state index contributed by atoms with van der Waals surface area (Å²) in [5.74, 6) is -0.569. The van der Waals surface area contributed by atoms with Crippen LogP contribution in [0.2, 0.25) is 0 Å². The summed E-state index contributed by atoms with van der Waals surface area (Å²) in [5.41, 5.74) is 4.86. The van der Waals surface area contributed by atoms with Gasteiger partial charge in [0.15, 0.2) is 5.88 Å². The van der Waals surface area contributed by atoms with Crippen LogP contribution in [0, 0.1) is 12.7 Å². The van der Waals surface area contributed by atoms with Crippen molar-refractivity contribution >= 4 is 22.4 Å². The summed E-state index contributed by atoms with van der Waals surface area (Å²) in [7, 11) is 0. The molecule has 2 heterocycles. The minimum absolute atomic E-state index is 0.0725. The molecule has 0 unspecified atom stereocenters. The molecule has 4 N–H and O–H groups in total. The van der Waals surface area contributed by atoms with Crippen molar-refractivity contribution in [2.24, 2.45) is 0 Å². The summed E-state index contributed by atoms with van der Waals surface area (Å²) < 4.78 is 14.2. The third-order valence-corrected chi connectivity index (χ3v) is 6.17. The highest BCUT2D eigenvalue weighted by Gasteiger charge is 2.28. The van der Waals surface area contributed by atoms with Crippen LogP contribution in [-0.2, 0) is 6.42 Å². The lowest BCUT2D eigenvalue weighted by Crippen LogP contribution is -2.35. The van der Waals surface area contributed by atoms with Crippen molar-refractivity contribution in [3.63, 3.8) is 0 Å². The predicted molar refractivity (Wildman–Crippen MR) is 121 cm³/mol. The van der Waals surface area contributed by atoms with E-state index in [1.165, 1.54) is 6.07 Å². The lowest BCUT2D eigenvalue weighted by atomic mass is 9.89. The van der Waals surface area contributed by atoms with Crippen LogP contribution in [0.3, 0.4) is 0 Å². The Hall–Kier alpha value is -3.06. The van der Waals surface area contributed by atoms with E-state index in [0.29, 0.717) is 23.1 Å². The molecule has 1 aliphatic rings. The average molecular weight is 425 g/mol. The fraction of sp³-hybridized carbons (Fsp3) is 0.375. The number of fused-ring (bicyclic) bond motifs is 2. The van der Waals surface area contributed by atoms with Crippen LogP contribution in [0.1, 0.15) is 53.1 Å². The van der Waals surface area contributed by atoms with Crippen molar-refractivity contribution in [3.05, 3.63) is 58.2 Å². The molecule has 0 atom stereocenters.